The molecule has 0 unspecified atom stereocenters. The molecule has 1 aromatic carbocycles. The average Bonchev–Trinajstić information content (AvgIpc) is 2.54. The van der Waals surface area contributed by atoms with Gasteiger partial charge in [-0.2, -0.15) is 0 Å². The van der Waals surface area contributed by atoms with Gasteiger partial charge < -0.3 is 10.6 Å². The summed E-state index contributed by atoms with van der Waals surface area (Å²) >= 11 is 0. The first-order chi connectivity index (χ1) is 11.5. The molecule has 0 saturated heterocycles. The fraction of sp³-hybridized carbons (Fsp3) is 0.667. The zero-order valence-corrected chi connectivity index (χ0v) is 14.9. The molecule has 1 aromatic rings. The lowest BCUT2D eigenvalue weighted by atomic mass is 9.48. The molecule has 130 valence electrons. The highest BCUT2D eigenvalue weighted by atomic mass is 16.2. The Morgan fingerprint density at radius 1 is 1.00 bits per heavy atom. The summed E-state index contributed by atoms with van der Waals surface area (Å²) in [6.07, 6.45) is 8.53. The van der Waals surface area contributed by atoms with E-state index in [1.165, 1.54) is 38.5 Å². The van der Waals surface area contributed by atoms with Gasteiger partial charge in [0.15, 0.2) is 0 Å². The van der Waals surface area contributed by atoms with Crippen molar-refractivity contribution in [3.63, 3.8) is 0 Å². The molecule has 5 rings (SSSR count). The SMILES string of the molecule is C[C@H](N[C@H](C)C(=O)Nc1ccccc1)C12CC3CC(CC(C3)C1)C2. The Labute approximate surface area is 145 Å². The maximum absolute atomic E-state index is 12.5. The summed E-state index contributed by atoms with van der Waals surface area (Å²) in [5.74, 6) is 2.93. The Balaban J connectivity index is 1.38. The molecule has 4 saturated carbocycles. The lowest BCUT2D eigenvalue weighted by Crippen LogP contribution is -2.57. The van der Waals surface area contributed by atoms with Crippen LogP contribution in [0.4, 0.5) is 5.69 Å². The van der Waals surface area contributed by atoms with Gasteiger partial charge in [-0.3, -0.25) is 4.79 Å². The number of para-hydroxylation sites is 1. The first kappa shape index (κ1) is 16.1. The van der Waals surface area contributed by atoms with Gasteiger partial charge in [0.25, 0.3) is 0 Å². The first-order valence-corrected chi connectivity index (χ1v) is 9.66. The molecule has 0 heterocycles. The average molecular weight is 326 g/mol. The summed E-state index contributed by atoms with van der Waals surface area (Å²) in [7, 11) is 0. The van der Waals surface area contributed by atoms with E-state index < -0.39 is 0 Å². The van der Waals surface area contributed by atoms with Crippen LogP contribution in [0.25, 0.3) is 0 Å². The van der Waals surface area contributed by atoms with E-state index in [0.29, 0.717) is 11.5 Å². The zero-order chi connectivity index (χ0) is 16.7. The summed E-state index contributed by atoms with van der Waals surface area (Å²) in [6, 6.07) is 10.0. The van der Waals surface area contributed by atoms with Gasteiger partial charge in [0.1, 0.15) is 0 Å². The van der Waals surface area contributed by atoms with E-state index in [1.807, 2.05) is 37.3 Å². The molecule has 2 N–H and O–H groups in total. The molecule has 24 heavy (non-hydrogen) atoms. The number of carbonyl (C=O) groups excluding carboxylic acids is 1. The molecule has 1 amide bonds. The van der Waals surface area contributed by atoms with Crippen LogP contribution in [0.3, 0.4) is 0 Å². The lowest BCUT2D eigenvalue weighted by molar-refractivity contribution is -0.119. The standard InChI is InChI=1S/C21H30N2O/c1-14(20(24)23-19-6-4-3-5-7-19)22-15(2)21-11-16-8-17(12-21)10-18(9-16)13-21/h3-7,14-18,22H,8-13H2,1-2H3,(H,23,24)/t14-,15+,16?,17?,18?,21?/m1/s1. The number of hydrogen-bond donors (Lipinski definition) is 2. The highest BCUT2D eigenvalue weighted by Crippen LogP contribution is 2.61. The molecule has 4 aliphatic carbocycles. The molecule has 0 aromatic heterocycles. The fourth-order valence-electron chi connectivity index (χ4n) is 6.11. The fourth-order valence-corrected chi connectivity index (χ4v) is 6.11. The second-order valence-electron chi connectivity index (χ2n) is 8.75. The molecule has 4 aliphatic rings. The summed E-state index contributed by atoms with van der Waals surface area (Å²) < 4.78 is 0. The number of nitrogens with one attached hydrogen (secondary N) is 2. The molecular weight excluding hydrogens is 296 g/mol. The summed E-state index contributed by atoms with van der Waals surface area (Å²) in [5, 5.41) is 6.66. The predicted octanol–water partition coefficient (Wildman–Crippen LogP) is 4.21. The number of rotatable bonds is 5. The Morgan fingerprint density at radius 2 is 1.54 bits per heavy atom. The van der Waals surface area contributed by atoms with Crippen molar-refractivity contribution in [3.05, 3.63) is 30.3 Å². The molecule has 0 radical (unpaired) electrons. The van der Waals surface area contributed by atoms with Gasteiger partial charge in [0.2, 0.25) is 5.91 Å². The minimum atomic E-state index is -0.159. The quantitative estimate of drug-likeness (QED) is 0.851. The number of benzene rings is 1. The van der Waals surface area contributed by atoms with E-state index in [9.17, 15) is 4.79 Å². The Bertz CT molecular complexity index is 562. The minimum Gasteiger partial charge on any atom is -0.325 e. The Morgan fingerprint density at radius 3 is 2.08 bits per heavy atom. The smallest absolute Gasteiger partial charge is 0.241 e. The van der Waals surface area contributed by atoms with Crippen LogP contribution in [-0.4, -0.2) is 18.0 Å². The minimum absolute atomic E-state index is 0.0674. The molecule has 4 fully saturated rings. The van der Waals surface area contributed by atoms with E-state index in [1.54, 1.807) is 0 Å². The van der Waals surface area contributed by atoms with Gasteiger partial charge in [0, 0.05) is 11.7 Å². The number of anilines is 1. The second-order valence-corrected chi connectivity index (χ2v) is 8.75. The highest BCUT2D eigenvalue weighted by Gasteiger charge is 2.53. The van der Waals surface area contributed by atoms with Crippen LogP contribution in [0, 0.1) is 23.2 Å². The summed E-state index contributed by atoms with van der Waals surface area (Å²) in [5.41, 5.74) is 1.31. The third-order valence-corrected chi connectivity index (χ3v) is 6.94. The van der Waals surface area contributed by atoms with Crippen molar-refractivity contribution in [1.29, 1.82) is 0 Å². The van der Waals surface area contributed by atoms with Crippen molar-refractivity contribution < 1.29 is 4.79 Å². The number of carbonyl (C=O) groups is 1. The topological polar surface area (TPSA) is 41.1 Å². The van der Waals surface area contributed by atoms with Crippen molar-refractivity contribution in [1.82, 2.24) is 5.32 Å². The van der Waals surface area contributed by atoms with Crippen molar-refractivity contribution in [2.75, 3.05) is 5.32 Å². The van der Waals surface area contributed by atoms with Gasteiger partial charge in [-0.1, -0.05) is 18.2 Å². The van der Waals surface area contributed by atoms with Crippen LogP contribution >= 0.6 is 0 Å². The van der Waals surface area contributed by atoms with E-state index in [4.69, 9.17) is 0 Å². The van der Waals surface area contributed by atoms with Gasteiger partial charge in [0.05, 0.1) is 6.04 Å². The monoisotopic (exact) mass is 326 g/mol. The second kappa shape index (κ2) is 6.18. The van der Waals surface area contributed by atoms with Crippen LogP contribution in [0.1, 0.15) is 52.4 Å². The van der Waals surface area contributed by atoms with E-state index in [-0.39, 0.29) is 11.9 Å². The largest absolute Gasteiger partial charge is 0.325 e. The third-order valence-electron chi connectivity index (χ3n) is 6.94. The third kappa shape index (κ3) is 2.99. The maximum atomic E-state index is 12.5. The first-order valence-electron chi connectivity index (χ1n) is 9.66. The zero-order valence-electron chi connectivity index (χ0n) is 14.9. The maximum Gasteiger partial charge on any atom is 0.241 e. The summed E-state index contributed by atoms with van der Waals surface area (Å²) in [4.78, 5) is 12.5. The van der Waals surface area contributed by atoms with Crippen LogP contribution in [0.5, 0.6) is 0 Å². The Kier molecular flexibility index (Phi) is 4.16. The highest BCUT2D eigenvalue weighted by molar-refractivity contribution is 5.94. The molecule has 2 atom stereocenters. The molecule has 0 spiro atoms. The van der Waals surface area contributed by atoms with Crippen molar-refractivity contribution in [2.24, 2.45) is 23.2 Å². The molecule has 3 heteroatoms. The van der Waals surface area contributed by atoms with Crippen LogP contribution in [0.2, 0.25) is 0 Å². The van der Waals surface area contributed by atoms with Crippen molar-refractivity contribution in [3.8, 4) is 0 Å². The van der Waals surface area contributed by atoms with Gasteiger partial charge in [-0.05, 0) is 87.7 Å². The van der Waals surface area contributed by atoms with Crippen LogP contribution in [-0.2, 0) is 4.79 Å². The Hall–Kier alpha value is -1.35. The molecular formula is C21H30N2O. The molecule has 3 nitrogen and oxygen atoms in total. The number of hydrogen-bond acceptors (Lipinski definition) is 2. The summed E-state index contributed by atoms with van der Waals surface area (Å²) in [6.45, 7) is 4.31. The van der Waals surface area contributed by atoms with Crippen molar-refractivity contribution >= 4 is 11.6 Å². The van der Waals surface area contributed by atoms with Gasteiger partial charge in [-0.25, -0.2) is 0 Å². The lowest BCUT2D eigenvalue weighted by Gasteiger charge is -2.59. The van der Waals surface area contributed by atoms with Crippen LogP contribution in [0.15, 0.2) is 30.3 Å². The van der Waals surface area contributed by atoms with E-state index in [2.05, 4.69) is 17.6 Å². The van der Waals surface area contributed by atoms with Gasteiger partial charge in [-0.15, -0.1) is 0 Å². The number of amides is 1. The van der Waals surface area contributed by atoms with Crippen molar-refractivity contribution in [2.45, 2.75) is 64.5 Å². The van der Waals surface area contributed by atoms with E-state index >= 15 is 0 Å². The van der Waals surface area contributed by atoms with Crippen LogP contribution < -0.4 is 10.6 Å². The van der Waals surface area contributed by atoms with E-state index in [0.717, 1.165) is 23.4 Å². The molecule has 4 bridgehead atoms. The predicted molar refractivity (Wildman–Crippen MR) is 97.7 cm³/mol. The molecule has 0 aliphatic heterocycles. The normalized spacial score (nSPS) is 36.3. The van der Waals surface area contributed by atoms with Gasteiger partial charge >= 0.3 is 0 Å².